The predicted molar refractivity (Wildman–Crippen MR) is 118 cm³/mol. The number of carbonyl (C=O) groups excluding carboxylic acids is 2. The maximum atomic E-state index is 12.7. The summed E-state index contributed by atoms with van der Waals surface area (Å²) in [5.74, 6) is -0.419. The van der Waals surface area contributed by atoms with E-state index in [-0.39, 0.29) is 25.8 Å². The Hall–Kier alpha value is -2.67. The zero-order chi connectivity index (χ0) is 22.9. The second-order valence-electron chi connectivity index (χ2n) is 6.79. The Bertz CT molecular complexity index is 922. The van der Waals surface area contributed by atoms with Gasteiger partial charge in [-0.1, -0.05) is 24.3 Å². The van der Waals surface area contributed by atoms with Gasteiger partial charge in [-0.15, -0.1) is 0 Å². The van der Waals surface area contributed by atoms with Gasteiger partial charge < -0.3 is 24.8 Å². The Morgan fingerprint density at radius 1 is 1.03 bits per heavy atom. The number of benzene rings is 2. The van der Waals surface area contributed by atoms with Crippen LogP contribution < -0.4 is 15.8 Å². The van der Waals surface area contributed by atoms with Crippen LogP contribution in [0.4, 0.5) is 0 Å². The van der Waals surface area contributed by atoms with Crippen LogP contribution in [-0.2, 0) is 31.0 Å². The maximum absolute atomic E-state index is 12.7. The Morgan fingerprint density at radius 2 is 1.68 bits per heavy atom. The van der Waals surface area contributed by atoms with Gasteiger partial charge in [-0.2, -0.15) is 0 Å². The van der Waals surface area contributed by atoms with Gasteiger partial charge in [-0.25, -0.2) is 0 Å². The first kappa shape index (κ1) is 24.6. The molecule has 0 spiro atoms. The Labute approximate surface area is 182 Å². The lowest BCUT2D eigenvalue weighted by Gasteiger charge is -2.18. The average Bonchev–Trinajstić information content (AvgIpc) is 2.74. The van der Waals surface area contributed by atoms with E-state index in [4.69, 9.17) is 19.5 Å². The summed E-state index contributed by atoms with van der Waals surface area (Å²) in [4.78, 5) is 24.5. The molecule has 0 fully saturated rings. The first-order valence-corrected chi connectivity index (χ1v) is 11.7. The summed E-state index contributed by atoms with van der Waals surface area (Å²) in [7, 11) is -1.68. The lowest BCUT2D eigenvalue weighted by Crippen LogP contribution is -2.45. The molecule has 0 aliphatic carbocycles. The van der Waals surface area contributed by atoms with Crippen molar-refractivity contribution in [3.8, 4) is 5.75 Å². The number of nitrogens with two attached hydrogens (primary N) is 1. The van der Waals surface area contributed by atoms with Gasteiger partial charge in [0, 0.05) is 12.0 Å². The fourth-order valence-corrected chi connectivity index (χ4v) is 4.71. The van der Waals surface area contributed by atoms with Crippen molar-refractivity contribution in [2.45, 2.75) is 32.5 Å². The summed E-state index contributed by atoms with van der Waals surface area (Å²) in [5, 5.41) is 2.67. The Balaban J connectivity index is 2.07. The van der Waals surface area contributed by atoms with Crippen LogP contribution in [-0.4, -0.2) is 38.2 Å². The molecular weight excluding hydrogens is 419 g/mol. The summed E-state index contributed by atoms with van der Waals surface area (Å²) < 4.78 is 28.4. The number of nitrogens with one attached hydrogen (secondary N) is 1. The molecule has 8 nitrogen and oxygen atoms in total. The van der Waals surface area contributed by atoms with E-state index in [1.165, 1.54) is 0 Å². The molecule has 0 saturated heterocycles. The third-order valence-electron chi connectivity index (χ3n) is 4.47. The van der Waals surface area contributed by atoms with Crippen LogP contribution in [0.15, 0.2) is 48.5 Å². The van der Waals surface area contributed by atoms with Crippen molar-refractivity contribution >= 4 is 19.4 Å². The molecule has 0 aliphatic heterocycles. The van der Waals surface area contributed by atoms with Gasteiger partial charge in [-0.05, 0) is 49.2 Å². The molecule has 2 aromatic rings. The van der Waals surface area contributed by atoms with Crippen molar-refractivity contribution in [2.24, 2.45) is 5.73 Å². The van der Waals surface area contributed by atoms with Crippen molar-refractivity contribution in [3.63, 3.8) is 0 Å². The minimum atomic E-state index is -3.23. The molecule has 31 heavy (non-hydrogen) atoms. The highest BCUT2D eigenvalue weighted by Crippen LogP contribution is 2.51. The third-order valence-corrected chi connectivity index (χ3v) is 6.52. The molecular formula is C22H29N2O6P. The smallest absolute Gasteiger partial charge is 0.335 e. The molecule has 0 radical (unpaired) electrons. The van der Waals surface area contributed by atoms with Gasteiger partial charge in [0.15, 0.2) is 0 Å². The van der Waals surface area contributed by atoms with Gasteiger partial charge in [-0.3, -0.25) is 14.2 Å². The number of hydrogen-bond acceptors (Lipinski definition) is 6. The van der Waals surface area contributed by atoms with Crippen molar-refractivity contribution in [1.82, 2.24) is 5.32 Å². The summed E-state index contributed by atoms with van der Waals surface area (Å²) >= 11 is 0. The molecule has 2 amide bonds. The molecule has 0 unspecified atom stereocenters. The van der Waals surface area contributed by atoms with E-state index in [9.17, 15) is 14.2 Å². The topological polar surface area (TPSA) is 117 Å². The Morgan fingerprint density at radius 3 is 2.23 bits per heavy atom. The van der Waals surface area contributed by atoms with Gasteiger partial charge in [0.2, 0.25) is 5.91 Å². The van der Waals surface area contributed by atoms with Gasteiger partial charge in [0.25, 0.3) is 5.91 Å². The number of rotatable bonds is 12. The van der Waals surface area contributed by atoms with E-state index in [2.05, 4.69) is 5.32 Å². The minimum absolute atomic E-state index is 0.107. The van der Waals surface area contributed by atoms with E-state index < -0.39 is 25.5 Å². The van der Waals surface area contributed by atoms with Crippen LogP contribution in [0.2, 0.25) is 0 Å². The predicted octanol–water partition coefficient (Wildman–Crippen LogP) is 3.29. The van der Waals surface area contributed by atoms with Crippen LogP contribution in [0, 0.1) is 0 Å². The summed E-state index contributed by atoms with van der Waals surface area (Å²) in [6.07, 6.45) is 0.346. The maximum Gasteiger partial charge on any atom is 0.335 e. The van der Waals surface area contributed by atoms with E-state index in [1.807, 2.05) is 6.07 Å². The normalized spacial score (nSPS) is 12.2. The van der Waals surface area contributed by atoms with Crippen LogP contribution >= 0.6 is 7.60 Å². The molecule has 9 heteroatoms. The van der Waals surface area contributed by atoms with Crippen LogP contribution in [0.3, 0.4) is 0 Å². The first-order valence-electron chi connectivity index (χ1n) is 10.0. The SMILES string of the molecule is CCOP(=O)(Cc1ccc(C(=O)N[C@@H](Cc2cccc(OC)c2)C(N)=O)cc1)OCC. The fourth-order valence-electron chi connectivity index (χ4n) is 3.01. The molecule has 0 saturated carbocycles. The largest absolute Gasteiger partial charge is 0.497 e. The van der Waals surface area contributed by atoms with Gasteiger partial charge >= 0.3 is 7.60 Å². The molecule has 3 N–H and O–H groups in total. The second kappa shape index (κ2) is 11.6. The highest BCUT2D eigenvalue weighted by atomic mass is 31.2. The lowest BCUT2D eigenvalue weighted by atomic mass is 10.0. The molecule has 1 atom stereocenters. The van der Waals surface area contributed by atoms with E-state index in [1.54, 1.807) is 63.4 Å². The number of ether oxygens (including phenoxy) is 1. The highest BCUT2D eigenvalue weighted by molar-refractivity contribution is 7.53. The fraction of sp³-hybridized carbons (Fsp3) is 0.364. The van der Waals surface area contributed by atoms with Gasteiger partial charge in [0.1, 0.15) is 11.8 Å². The minimum Gasteiger partial charge on any atom is -0.497 e. The number of methoxy groups -OCH3 is 1. The Kier molecular flexibility index (Phi) is 9.24. The zero-order valence-corrected chi connectivity index (χ0v) is 18.9. The quantitative estimate of drug-likeness (QED) is 0.481. The highest BCUT2D eigenvalue weighted by Gasteiger charge is 2.24. The van der Waals surface area contributed by atoms with Crippen molar-refractivity contribution in [3.05, 3.63) is 65.2 Å². The monoisotopic (exact) mass is 448 g/mol. The zero-order valence-electron chi connectivity index (χ0n) is 18.0. The second-order valence-corrected chi connectivity index (χ2v) is 8.84. The van der Waals surface area contributed by atoms with Crippen LogP contribution in [0.5, 0.6) is 5.75 Å². The molecule has 2 aromatic carbocycles. The molecule has 2 rings (SSSR count). The lowest BCUT2D eigenvalue weighted by molar-refractivity contribution is -0.119. The molecule has 0 heterocycles. The number of hydrogen-bond donors (Lipinski definition) is 2. The average molecular weight is 448 g/mol. The summed E-state index contributed by atoms with van der Waals surface area (Å²) in [6.45, 7) is 4.05. The van der Waals surface area contributed by atoms with Crippen molar-refractivity contribution in [1.29, 1.82) is 0 Å². The van der Waals surface area contributed by atoms with Crippen LogP contribution in [0.1, 0.15) is 35.3 Å². The van der Waals surface area contributed by atoms with Crippen LogP contribution in [0.25, 0.3) is 0 Å². The third kappa shape index (κ3) is 7.51. The van der Waals surface area contributed by atoms with Crippen molar-refractivity contribution in [2.75, 3.05) is 20.3 Å². The van der Waals surface area contributed by atoms with Gasteiger partial charge in [0.05, 0.1) is 26.5 Å². The molecule has 0 aromatic heterocycles. The molecule has 0 aliphatic rings. The molecule has 168 valence electrons. The van der Waals surface area contributed by atoms with E-state index >= 15 is 0 Å². The van der Waals surface area contributed by atoms with E-state index in [0.717, 1.165) is 5.56 Å². The van der Waals surface area contributed by atoms with E-state index in [0.29, 0.717) is 16.9 Å². The summed E-state index contributed by atoms with van der Waals surface area (Å²) in [6, 6.07) is 12.9. The van der Waals surface area contributed by atoms with Crippen molar-refractivity contribution < 1.29 is 27.9 Å². The first-order chi connectivity index (χ1) is 14.8. The summed E-state index contributed by atoms with van der Waals surface area (Å²) in [5.41, 5.74) is 7.36. The number of amides is 2. The standard InChI is InChI=1S/C22H29N2O6P/c1-4-29-31(27,30-5-2)15-16-9-11-18(12-10-16)22(26)24-20(21(23)25)14-17-7-6-8-19(13-17)28-3/h6-13,20H,4-5,14-15H2,1-3H3,(H2,23,25)(H,24,26)/t20-/m0/s1. The molecule has 0 bridgehead atoms. The number of carbonyl (C=O) groups is 2. The number of primary amides is 1.